The van der Waals surface area contributed by atoms with Gasteiger partial charge in [0.1, 0.15) is 5.52 Å². The zero-order valence-corrected chi connectivity index (χ0v) is 10.1. The Morgan fingerprint density at radius 1 is 1.33 bits per heavy atom. The molecule has 0 atom stereocenters. The number of nitrogens with zero attached hydrogens (tertiary/aromatic N) is 3. The van der Waals surface area contributed by atoms with Gasteiger partial charge in [-0.25, -0.2) is 9.97 Å². The van der Waals surface area contributed by atoms with Crippen LogP contribution >= 0.6 is 0 Å². The van der Waals surface area contributed by atoms with E-state index in [1.54, 1.807) is 0 Å². The van der Waals surface area contributed by atoms with Crippen LogP contribution in [0.2, 0.25) is 0 Å². The van der Waals surface area contributed by atoms with Crippen molar-refractivity contribution in [1.29, 1.82) is 0 Å². The normalized spacial score (nSPS) is 11.2. The summed E-state index contributed by atoms with van der Waals surface area (Å²) in [5, 5.41) is 0. The highest BCUT2D eigenvalue weighted by atomic mass is 16.3. The lowest BCUT2D eigenvalue weighted by atomic mass is 10.1. The van der Waals surface area contributed by atoms with E-state index in [2.05, 4.69) is 9.97 Å². The summed E-state index contributed by atoms with van der Waals surface area (Å²) < 4.78 is 7.32. The monoisotopic (exact) mass is 242 g/mol. The van der Waals surface area contributed by atoms with Crippen LogP contribution in [0.15, 0.2) is 35.3 Å². The first kappa shape index (κ1) is 11.0. The van der Waals surface area contributed by atoms with Gasteiger partial charge in [0, 0.05) is 24.7 Å². The first-order valence-electron chi connectivity index (χ1n) is 5.83. The lowest BCUT2D eigenvalue weighted by Gasteiger charge is -2.04. The van der Waals surface area contributed by atoms with E-state index in [0.717, 1.165) is 34.5 Å². The van der Waals surface area contributed by atoms with Gasteiger partial charge in [-0.1, -0.05) is 6.07 Å². The van der Waals surface area contributed by atoms with Crippen molar-refractivity contribution < 1.29 is 4.42 Å². The van der Waals surface area contributed by atoms with Gasteiger partial charge < -0.3 is 14.7 Å². The highest BCUT2D eigenvalue weighted by Crippen LogP contribution is 2.25. The number of rotatable bonds is 3. The molecule has 18 heavy (non-hydrogen) atoms. The number of fused-ring (bicyclic) bond motifs is 1. The standard InChI is InChI=1S/C13H14N4O/c1-17-7-15-13(11(17)4-5-14)9-2-3-10-12(6-9)18-8-16-10/h2-3,6-8H,4-5,14H2,1H3. The molecule has 1 aromatic carbocycles. The average molecular weight is 242 g/mol. The van der Waals surface area contributed by atoms with Crippen LogP contribution in [0.4, 0.5) is 0 Å². The maximum atomic E-state index is 5.64. The van der Waals surface area contributed by atoms with Crippen molar-refractivity contribution in [2.45, 2.75) is 6.42 Å². The molecule has 0 bridgehead atoms. The van der Waals surface area contributed by atoms with Gasteiger partial charge in [-0.2, -0.15) is 0 Å². The van der Waals surface area contributed by atoms with Crippen LogP contribution in [0.1, 0.15) is 5.69 Å². The van der Waals surface area contributed by atoms with E-state index in [1.807, 2.05) is 36.1 Å². The Labute approximate surface area is 104 Å². The van der Waals surface area contributed by atoms with Gasteiger partial charge in [-0.05, 0) is 18.7 Å². The minimum Gasteiger partial charge on any atom is -0.443 e. The van der Waals surface area contributed by atoms with Gasteiger partial charge in [-0.15, -0.1) is 0 Å². The molecule has 3 aromatic rings. The van der Waals surface area contributed by atoms with Crippen molar-refractivity contribution >= 4 is 11.1 Å². The second-order valence-electron chi connectivity index (χ2n) is 4.22. The van der Waals surface area contributed by atoms with Crippen LogP contribution in [-0.4, -0.2) is 21.1 Å². The van der Waals surface area contributed by atoms with Gasteiger partial charge >= 0.3 is 0 Å². The van der Waals surface area contributed by atoms with E-state index in [-0.39, 0.29) is 0 Å². The van der Waals surface area contributed by atoms with E-state index < -0.39 is 0 Å². The van der Waals surface area contributed by atoms with Crippen molar-refractivity contribution in [2.24, 2.45) is 12.8 Å². The molecule has 5 nitrogen and oxygen atoms in total. The SMILES string of the molecule is Cn1cnc(-c2ccc3ncoc3c2)c1CCN. The first-order valence-corrected chi connectivity index (χ1v) is 5.83. The summed E-state index contributed by atoms with van der Waals surface area (Å²) in [6.07, 6.45) is 4.07. The molecule has 2 aromatic heterocycles. The lowest BCUT2D eigenvalue weighted by molar-refractivity contribution is 0.602. The van der Waals surface area contributed by atoms with Crippen LogP contribution in [0.25, 0.3) is 22.4 Å². The molecule has 0 radical (unpaired) electrons. The fourth-order valence-corrected chi connectivity index (χ4v) is 2.13. The number of hydrogen-bond donors (Lipinski definition) is 1. The van der Waals surface area contributed by atoms with Crippen molar-refractivity contribution in [1.82, 2.24) is 14.5 Å². The Balaban J connectivity index is 2.13. The molecular weight excluding hydrogens is 228 g/mol. The number of aromatic nitrogens is 3. The molecule has 0 spiro atoms. The molecule has 5 heteroatoms. The largest absolute Gasteiger partial charge is 0.443 e. The Hall–Kier alpha value is -2.14. The van der Waals surface area contributed by atoms with Crippen molar-refractivity contribution in [3.8, 4) is 11.3 Å². The highest BCUT2D eigenvalue weighted by molar-refractivity contribution is 5.79. The van der Waals surface area contributed by atoms with Gasteiger partial charge in [0.25, 0.3) is 0 Å². The van der Waals surface area contributed by atoms with Gasteiger partial charge in [0.15, 0.2) is 12.0 Å². The fourth-order valence-electron chi connectivity index (χ4n) is 2.13. The predicted octanol–water partition coefficient (Wildman–Crippen LogP) is 1.73. The summed E-state index contributed by atoms with van der Waals surface area (Å²) in [6, 6.07) is 5.91. The van der Waals surface area contributed by atoms with Crippen molar-refractivity contribution in [3.05, 3.63) is 36.6 Å². The maximum absolute atomic E-state index is 5.64. The van der Waals surface area contributed by atoms with E-state index in [9.17, 15) is 0 Å². The predicted molar refractivity (Wildman–Crippen MR) is 69.0 cm³/mol. The molecule has 92 valence electrons. The molecule has 0 saturated carbocycles. The second kappa shape index (κ2) is 4.27. The number of aryl methyl sites for hydroxylation is 1. The number of nitrogens with two attached hydrogens (primary N) is 1. The van der Waals surface area contributed by atoms with Crippen LogP contribution in [-0.2, 0) is 13.5 Å². The number of benzene rings is 1. The lowest BCUT2D eigenvalue weighted by Crippen LogP contribution is -2.07. The van der Waals surface area contributed by atoms with Gasteiger partial charge in [-0.3, -0.25) is 0 Å². The molecule has 2 heterocycles. The molecule has 0 aliphatic rings. The first-order chi connectivity index (χ1) is 8.79. The summed E-state index contributed by atoms with van der Waals surface area (Å²) >= 11 is 0. The third kappa shape index (κ3) is 1.69. The van der Waals surface area contributed by atoms with Crippen LogP contribution in [0.3, 0.4) is 0 Å². The zero-order valence-electron chi connectivity index (χ0n) is 10.1. The molecule has 0 fully saturated rings. The second-order valence-corrected chi connectivity index (χ2v) is 4.22. The van der Waals surface area contributed by atoms with E-state index in [0.29, 0.717) is 6.54 Å². The van der Waals surface area contributed by atoms with Crippen molar-refractivity contribution in [2.75, 3.05) is 6.54 Å². The van der Waals surface area contributed by atoms with Gasteiger partial charge in [0.2, 0.25) is 0 Å². The maximum Gasteiger partial charge on any atom is 0.181 e. The van der Waals surface area contributed by atoms with E-state index in [4.69, 9.17) is 10.2 Å². The van der Waals surface area contributed by atoms with E-state index >= 15 is 0 Å². The van der Waals surface area contributed by atoms with Crippen LogP contribution in [0, 0.1) is 0 Å². The fraction of sp³-hybridized carbons (Fsp3) is 0.231. The molecule has 3 rings (SSSR count). The number of hydrogen-bond acceptors (Lipinski definition) is 4. The molecular formula is C13H14N4O. The topological polar surface area (TPSA) is 69.9 Å². The summed E-state index contributed by atoms with van der Waals surface area (Å²) in [4.78, 5) is 8.55. The average Bonchev–Trinajstić information content (AvgIpc) is 2.97. The Kier molecular flexibility index (Phi) is 2.60. The molecule has 0 unspecified atom stereocenters. The Morgan fingerprint density at radius 3 is 3.06 bits per heavy atom. The number of oxazole rings is 1. The molecule has 0 aliphatic heterocycles. The van der Waals surface area contributed by atoms with Crippen LogP contribution in [0.5, 0.6) is 0 Å². The quantitative estimate of drug-likeness (QED) is 0.759. The Morgan fingerprint density at radius 2 is 2.22 bits per heavy atom. The smallest absolute Gasteiger partial charge is 0.181 e. The summed E-state index contributed by atoms with van der Waals surface area (Å²) in [5.41, 5.74) is 10.4. The molecule has 0 amide bonds. The molecule has 0 saturated heterocycles. The molecule has 2 N–H and O–H groups in total. The summed E-state index contributed by atoms with van der Waals surface area (Å²) in [6.45, 7) is 0.608. The molecule has 0 aliphatic carbocycles. The van der Waals surface area contributed by atoms with Crippen molar-refractivity contribution in [3.63, 3.8) is 0 Å². The van der Waals surface area contributed by atoms with E-state index in [1.165, 1.54) is 6.39 Å². The minimum atomic E-state index is 0.608. The number of imidazole rings is 1. The van der Waals surface area contributed by atoms with Crippen LogP contribution < -0.4 is 5.73 Å². The zero-order chi connectivity index (χ0) is 12.5. The van der Waals surface area contributed by atoms with Gasteiger partial charge in [0.05, 0.1) is 12.0 Å². The summed E-state index contributed by atoms with van der Waals surface area (Å²) in [7, 11) is 1.98. The third-order valence-electron chi connectivity index (χ3n) is 3.04. The summed E-state index contributed by atoms with van der Waals surface area (Å²) in [5.74, 6) is 0. The Bertz CT molecular complexity index is 683. The minimum absolute atomic E-state index is 0.608. The third-order valence-corrected chi connectivity index (χ3v) is 3.04. The highest BCUT2D eigenvalue weighted by Gasteiger charge is 2.11.